The van der Waals surface area contributed by atoms with Gasteiger partial charge >= 0.3 is 12.1 Å². The zero-order valence-electron chi connectivity index (χ0n) is 20.1. The van der Waals surface area contributed by atoms with Crippen molar-refractivity contribution in [1.29, 1.82) is 0 Å². The van der Waals surface area contributed by atoms with Crippen LogP contribution in [0.3, 0.4) is 0 Å². The van der Waals surface area contributed by atoms with Gasteiger partial charge in [-0.1, -0.05) is 0 Å². The second kappa shape index (κ2) is 10.0. The standard InChI is InChI=1S/C27H23F4NO5/c1-15-25(37-20-7-5-19(35-3)6-8-20)22-10-4-18(27(29,30)31)13-24(22)32(15)14-17-12-21(9-11-23(17)28)36-16(2)26(33)34/h4-13,16H,14H2,1-3H3,(H,33,34)/t16-/m0/s1. The molecular weight excluding hydrogens is 494 g/mol. The van der Waals surface area contributed by atoms with E-state index in [-0.39, 0.29) is 23.4 Å². The van der Waals surface area contributed by atoms with E-state index < -0.39 is 29.6 Å². The average molecular weight is 517 g/mol. The summed E-state index contributed by atoms with van der Waals surface area (Å²) in [4.78, 5) is 11.1. The second-order valence-corrected chi connectivity index (χ2v) is 8.36. The lowest BCUT2D eigenvalue weighted by Gasteiger charge is -2.14. The molecule has 0 fully saturated rings. The van der Waals surface area contributed by atoms with Gasteiger partial charge in [0, 0.05) is 10.9 Å². The molecule has 0 aliphatic carbocycles. The number of methoxy groups -OCH3 is 1. The highest BCUT2D eigenvalue weighted by Gasteiger charge is 2.32. The predicted molar refractivity (Wildman–Crippen MR) is 128 cm³/mol. The van der Waals surface area contributed by atoms with Crippen molar-refractivity contribution in [3.05, 3.63) is 83.3 Å². The SMILES string of the molecule is COc1ccc(Oc2c(C)n(Cc3cc(O[C@@H](C)C(=O)O)ccc3F)c3cc(C(F)(F)F)ccc23)cc1. The van der Waals surface area contributed by atoms with Gasteiger partial charge in [-0.15, -0.1) is 0 Å². The van der Waals surface area contributed by atoms with E-state index in [4.69, 9.17) is 19.3 Å². The molecule has 0 aliphatic heterocycles. The minimum Gasteiger partial charge on any atom is -0.497 e. The van der Waals surface area contributed by atoms with Crippen molar-refractivity contribution in [1.82, 2.24) is 4.57 Å². The molecule has 6 nitrogen and oxygen atoms in total. The Balaban J connectivity index is 1.80. The van der Waals surface area contributed by atoms with Gasteiger partial charge in [-0.05, 0) is 74.5 Å². The molecule has 0 amide bonds. The summed E-state index contributed by atoms with van der Waals surface area (Å²) in [6, 6.07) is 13.7. The molecule has 0 radical (unpaired) electrons. The lowest BCUT2D eigenvalue weighted by Crippen LogP contribution is -2.23. The summed E-state index contributed by atoms with van der Waals surface area (Å²) >= 11 is 0. The van der Waals surface area contributed by atoms with Crippen LogP contribution in [0.1, 0.15) is 23.7 Å². The van der Waals surface area contributed by atoms with Crippen molar-refractivity contribution >= 4 is 16.9 Å². The van der Waals surface area contributed by atoms with Gasteiger partial charge < -0.3 is 23.9 Å². The largest absolute Gasteiger partial charge is 0.497 e. The van der Waals surface area contributed by atoms with Gasteiger partial charge in [0.2, 0.25) is 0 Å². The van der Waals surface area contributed by atoms with Crippen LogP contribution in [0.15, 0.2) is 60.7 Å². The number of aliphatic carboxylic acids is 1. The predicted octanol–water partition coefficient (Wildman–Crippen LogP) is 6.81. The molecule has 0 bridgehead atoms. The summed E-state index contributed by atoms with van der Waals surface area (Å²) in [5.41, 5.74) is -0.0960. The number of benzene rings is 3. The van der Waals surface area contributed by atoms with Crippen LogP contribution >= 0.6 is 0 Å². The molecule has 1 heterocycles. The number of halogens is 4. The quantitative estimate of drug-likeness (QED) is 0.260. The van der Waals surface area contributed by atoms with Crippen molar-refractivity contribution in [3.63, 3.8) is 0 Å². The Morgan fingerprint density at radius 2 is 1.65 bits per heavy atom. The molecule has 1 N–H and O–H groups in total. The highest BCUT2D eigenvalue weighted by Crippen LogP contribution is 2.40. The molecule has 37 heavy (non-hydrogen) atoms. The van der Waals surface area contributed by atoms with Crippen molar-refractivity contribution < 1.29 is 41.7 Å². The van der Waals surface area contributed by atoms with E-state index in [1.165, 1.54) is 36.8 Å². The van der Waals surface area contributed by atoms with Crippen LogP contribution in [0, 0.1) is 12.7 Å². The van der Waals surface area contributed by atoms with Crippen LogP contribution in [0.5, 0.6) is 23.0 Å². The molecule has 0 unspecified atom stereocenters. The first kappa shape index (κ1) is 25.9. The highest BCUT2D eigenvalue weighted by atomic mass is 19.4. The van der Waals surface area contributed by atoms with Gasteiger partial charge in [0.15, 0.2) is 11.9 Å². The minimum atomic E-state index is -4.58. The maximum atomic E-state index is 14.8. The van der Waals surface area contributed by atoms with Crippen LogP contribution < -0.4 is 14.2 Å². The van der Waals surface area contributed by atoms with Crippen molar-refractivity contribution in [3.8, 4) is 23.0 Å². The number of carboxylic acid groups (broad SMARTS) is 1. The van der Waals surface area contributed by atoms with Gasteiger partial charge in [-0.25, -0.2) is 9.18 Å². The Labute approximate surface area is 209 Å². The van der Waals surface area contributed by atoms with E-state index in [0.29, 0.717) is 28.3 Å². The fourth-order valence-electron chi connectivity index (χ4n) is 3.89. The molecule has 4 aromatic rings. The first-order chi connectivity index (χ1) is 17.5. The maximum absolute atomic E-state index is 14.8. The van der Waals surface area contributed by atoms with E-state index in [0.717, 1.165) is 18.2 Å². The zero-order valence-corrected chi connectivity index (χ0v) is 20.1. The summed E-state index contributed by atoms with van der Waals surface area (Å²) in [6.07, 6.45) is -5.76. The fourth-order valence-corrected chi connectivity index (χ4v) is 3.89. The first-order valence-corrected chi connectivity index (χ1v) is 11.2. The Kier molecular flexibility index (Phi) is 7.02. The number of nitrogens with zero attached hydrogens (tertiary/aromatic N) is 1. The Bertz CT molecular complexity index is 1440. The topological polar surface area (TPSA) is 69.9 Å². The summed E-state index contributed by atoms with van der Waals surface area (Å²) in [5, 5.41) is 9.50. The van der Waals surface area contributed by atoms with E-state index >= 15 is 0 Å². The van der Waals surface area contributed by atoms with Crippen LogP contribution in [0.2, 0.25) is 0 Å². The van der Waals surface area contributed by atoms with Gasteiger partial charge in [0.1, 0.15) is 23.1 Å². The summed E-state index contributed by atoms with van der Waals surface area (Å²) < 4.78 is 73.4. The third-order valence-corrected chi connectivity index (χ3v) is 5.88. The Morgan fingerprint density at radius 1 is 1.00 bits per heavy atom. The lowest BCUT2D eigenvalue weighted by atomic mass is 10.1. The molecular formula is C27H23F4NO5. The normalized spacial score (nSPS) is 12.4. The van der Waals surface area contributed by atoms with E-state index in [2.05, 4.69) is 0 Å². The number of rotatable bonds is 8. The average Bonchev–Trinajstić information content (AvgIpc) is 3.11. The molecule has 0 saturated carbocycles. The molecule has 0 spiro atoms. The highest BCUT2D eigenvalue weighted by molar-refractivity contribution is 5.89. The summed E-state index contributed by atoms with van der Waals surface area (Å²) in [5.74, 6) is -0.338. The number of aromatic nitrogens is 1. The van der Waals surface area contributed by atoms with Crippen LogP contribution in [0.25, 0.3) is 10.9 Å². The molecule has 10 heteroatoms. The van der Waals surface area contributed by atoms with Crippen LogP contribution in [-0.4, -0.2) is 28.9 Å². The number of hydrogen-bond acceptors (Lipinski definition) is 4. The van der Waals surface area contributed by atoms with Gasteiger partial charge in [-0.2, -0.15) is 13.2 Å². The Hall–Kier alpha value is -4.21. The summed E-state index contributed by atoms with van der Waals surface area (Å²) in [6.45, 7) is 2.84. The molecule has 1 atom stereocenters. The molecule has 3 aromatic carbocycles. The third-order valence-electron chi connectivity index (χ3n) is 5.88. The zero-order chi connectivity index (χ0) is 26.9. The van der Waals surface area contributed by atoms with E-state index in [9.17, 15) is 22.4 Å². The molecule has 194 valence electrons. The smallest absolute Gasteiger partial charge is 0.416 e. The van der Waals surface area contributed by atoms with Gasteiger partial charge in [-0.3, -0.25) is 0 Å². The van der Waals surface area contributed by atoms with E-state index in [1.54, 1.807) is 31.2 Å². The number of carbonyl (C=O) groups is 1. The number of ether oxygens (including phenoxy) is 3. The number of hydrogen-bond donors (Lipinski definition) is 1. The minimum absolute atomic E-state index is 0.100. The van der Waals surface area contributed by atoms with Crippen LogP contribution in [0.4, 0.5) is 17.6 Å². The summed E-state index contributed by atoms with van der Waals surface area (Å²) in [7, 11) is 1.52. The van der Waals surface area contributed by atoms with E-state index in [1.807, 2.05) is 0 Å². The molecule has 0 aliphatic rings. The van der Waals surface area contributed by atoms with Crippen molar-refractivity contribution in [2.24, 2.45) is 0 Å². The molecule has 0 saturated heterocycles. The Morgan fingerprint density at radius 3 is 2.27 bits per heavy atom. The van der Waals surface area contributed by atoms with Gasteiger partial charge in [0.25, 0.3) is 0 Å². The number of alkyl halides is 3. The second-order valence-electron chi connectivity index (χ2n) is 8.36. The molecule has 4 rings (SSSR count). The fraction of sp³-hybridized carbons (Fsp3) is 0.222. The number of carboxylic acids is 1. The first-order valence-electron chi connectivity index (χ1n) is 11.2. The van der Waals surface area contributed by atoms with Crippen molar-refractivity contribution in [2.75, 3.05) is 7.11 Å². The lowest BCUT2D eigenvalue weighted by molar-refractivity contribution is -0.144. The molecule has 1 aromatic heterocycles. The van der Waals surface area contributed by atoms with Crippen LogP contribution in [-0.2, 0) is 17.5 Å². The van der Waals surface area contributed by atoms with Gasteiger partial charge in [0.05, 0.1) is 30.4 Å². The van der Waals surface area contributed by atoms with Crippen molar-refractivity contribution in [2.45, 2.75) is 32.7 Å². The maximum Gasteiger partial charge on any atom is 0.416 e. The monoisotopic (exact) mass is 517 g/mol. The third kappa shape index (κ3) is 5.47. The number of fused-ring (bicyclic) bond motifs is 1.